The van der Waals surface area contributed by atoms with Crippen molar-refractivity contribution in [3.8, 4) is 11.6 Å². The lowest BCUT2D eigenvalue weighted by Crippen LogP contribution is -2.15. The van der Waals surface area contributed by atoms with Gasteiger partial charge in [0.1, 0.15) is 0 Å². The summed E-state index contributed by atoms with van der Waals surface area (Å²) in [7, 11) is 0. The van der Waals surface area contributed by atoms with Crippen molar-refractivity contribution >= 4 is 0 Å². The highest BCUT2D eigenvalue weighted by Gasteiger charge is 2.20. The second-order valence-corrected chi connectivity index (χ2v) is 5.45. The number of pyridine rings is 1. The van der Waals surface area contributed by atoms with Crippen LogP contribution >= 0.6 is 0 Å². The SMILES string of the molecule is CCc1cc(CNC2CC2)cc(Oc2cnn(CC)c2)n1. The second-order valence-electron chi connectivity index (χ2n) is 5.45. The maximum atomic E-state index is 5.84. The number of hydrogen-bond donors (Lipinski definition) is 1. The molecule has 112 valence electrons. The van der Waals surface area contributed by atoms with Crippen LogP contribution in [0.2, 0.25) is 0 Å². The average molecular weight is 286 g/mol. The van der Waals surface area contributed by atoms with Crippen LogP contribution < -0.4 is 10.1 Å². The van der Waals surface area contributed by atoms with Gasteiger partial charge in [0.15, 0.2) is 5.75 Å². The van der Waals surface area contributed by atoms with Crippen molar-refractivity contribution in [2.45, 2.75) is 52.2 Å². The minimum absolute atomic E-state index is 0.651. The lowest BCUT2D eigenvalue weighted by Gasteiger charge is -2.09. The number of ether oxygens (including phenoxy) is 1. The van der Waals surface area contributed by atoms with Crippen LogP contribution in [-0.4, -0.2) is 20.8 Å². The van der Waals surface area contributed by atoms with Crippen LogP contribution in [0.5, 0.6) is 11.6 Å². The Morgan fingerprint density at radius 3 is 2.86 bits per heavy atom. The Balaban J connectivity index is 1.73. The third kappa shape index (κ3) is 3.82. The molecule has 1 aliphatic rings. The molecule has 1 saturated carbocycles. The van der Waals surface area contributed by atoms with E-state index in [2.05, 4.69) is 28.4 Å². The zero-order valence-electron chi connectivity index (χ0n) is 12.7. The normalized spacial score (nSPS) is 14.4. The number of hydrogen-bond acceptors (Lipinski definition) is 4. The summed E-state index contributed by atoms with van der Waals surface area (Å²) in [6.45, 7) is 5.88. The lowest BCUT2D eigenvalue weighted by atomic mass is 10.2. The summed E-state index contributed by atoms with van der Waals surface area (Å²) in [4.78, 5) is 4.54. The van der Waals surface area contributed by atoms with E-state index in [1.54, 1.807) is 6.20 Å². The van der Waals surface area contributed by atoms with Gasteiger partial charge in [0.25, 0.3) is 0 Å². The molecule has 2 aromatic heterocycles. The number of rotatable bonds is 7. The molecule has 0 amide bonds. The fraction of sp³-hybridized carbons (Fsp3) is 0.500. The van der Waals surface area contributed by atoms with Crippen molar-refractivity contribution in [2.75, 3.05) is 0 Å². The molecule has 5 heteroatoms. The topological polar surface area (TPSA) is 52.0 Å². The standard InChI is InChI=1S/C16H22N4O/c1-3-13-7-12(9-17-14-5-6-14)8-16(19-13)21-15-10-18-20(4-2)11-15/h7-8,10-11,14,17H,3-6,9H2,1-2H3. The summed E-state index contributed by atoms with van der Waals surface area (Å²) in [6, 6.07) is 4.87. The summed E-state index contributed by atoms with van der Waals surface area (Å²) in [5, 5.41) is 7.74. The molecule has 0 bridgehead atoms. The Bertz CT molecular complexity index is 604. The summed E-state index contributed by atoms with van der Waals surface area (Å²) in [6.07, 6.45) is 7.12. The zero-order chi connectivity index (χ0) is 14.7. The first-order chi connectivity index (χ1) is 10.3. The highest BCUT2D eigenvalue weighted by Crippen LogP contribution is 2.23. The van der Waals surface area contributed by atoms with Crippen LogP contribution in [0.1, 0.15) is 37.9 Å². The zero-order valence-corrected chi connectivity index (χ0v) is 12.7. The van der Waals surface area contributed by atoms with Crippen LogP contribution in [0.4, 0.5) is 0 Å². The molecule has 1 fully saturated rings. The first kappa shape index (κ1) is 14.1. The summed E-state index contributed by atoms with van der Waals surface area (Å²) in [5.41, 5.74) is 2.29. The molecule has 0 atom stereocenters. The molecule has 0 saturated heterocycles. The van der Waals surface area contributed by atoms with Crippen molar-refractivity contribution in [1.29, 1.82) is 0 Å². The fourth-order valence-electron chi connectivity index (χ4n) is 2.20. The van der Waals surface area contributed by atoms with Gasteiger partial charge >= 0.3 is 0 Å². The van der Waals surface area contributed by atoms with Crippen molar-refractivity contribution in [3.05, 3.63) is 35.8 Å². The molecular formula is C16H22N4O. The third-order valence-electron chi connectivity index (χ3n) is 3.61. The first-order valence-corrected chi connectivity index (χ1v) is 7.70. The minimum atomic E-state index is 0.651. The van der Waals surface area contributed by atoms with E-state index in [-0.39, 0.29) is 0 Å². The molecule has 0 unspecified atom stereocenters. The molecule has 1 N–H and O–H groups in total. The highest BCUT2D eigenvalue weighted by molar-refractivity contribution is 5.29. The van der Waals surface area contributed by atoms with E-state index in [1.165, 1.54) is 18.4 Å². The lowest BCUT2D eigenvalue weighted by molar-refractivity contribution is 0.458. The Morgan fingerprint density at radius 2 is 2.19 bits per heavy atom. The van der Waals surface area contributed by atoms with E-state index >= 15 is 0 Å². The largest absolute Gasteiger partial charge is 0.436 e. The van der Waals surface area contributed by atoms with Gasteiger partial charge in [-0.25, -0.2) is 4.98 Å². The smallest absolute Gasteiger partial charge is 0.219 e. The maximum absolute atomic E-state index is 5.84. The van der Waals surface area contributed by atoms with E-state index in [4.69, 9.17) is 4.74 Å². The van der Waals surface area contributed by atoms with Gasteiger partial charge in [0.05, 0.1) is 12.4 Å². The highest BCUT2D eigenvalue weighted by atomic mass is 16.5. The second kappa shape index (κ2) is 6.26. The van der Waals surface area contributed by atoms with Crippen LogP contribution in [0.25, 0.3) is 0 Å². The predicted octanol–water partition coefficient (Wildman–Crippen LogP) is 2.90. The molecule has 0 aromatic carbocycles. The first-order valence-electron chi connectivity index (χ1n) is 7.70. The molecule has 2 heterocycles. The van der Waals surface area contributed by atoms with Gasteiger partial charge in [-0.1, -0.05) is 6.92 Å². The quantitative estimate of drug-likeness (QED) is 0.850. The summed E-state index contributed by atoms with van der Waals surface area (Å²) in [5.74, 6) is 1.39. The van der Waals surface area contributed by atoms with Crippen LogP contribution in [-0.2, 0) is 19.5 Å². The maximum Gasteiger partial charge on any atom is 0.219 e. The van der Waals surface area contributed by atoms with Gasteiger partial charge in [0, 0.05) is 30.9 Å². The van der Waals surface area contributed by atoms with Crippen molar-refractivity contribution in [2.24, 2.45) is 0 Å². The fourth-order valence-corrected chi connectivity index (χ4v) is 2.20. The Kier molecular flexibility index (Phi) is 4.20. The summed E-state index contributed by atoms with van der Waals surface area (Å²) < 4.78 is 7.69. The molecule has 21 heavy (non-hydrogen) atoms. The van der Waals surface area contributed by atoms with Crippen molar-refractivity contribution < 1.29 is 4.74 Å². The van der Waals surface area contributed by atoms with E-state index in [0.29, 0.717) is 11.9 Å². The van der Waals surface area contributed by atoms with Gasteiger partial charge in [-0.15, -0.1) is 0 Å². The predicted molar refractivity (Wildman–Crippen MR) is 81.5 cm³/mol. The van der Waals surface area contributed by atoms with Gasteiger partial charge in [-0.05, 0) is 37.8 Å². The third-order valence-corrected chi connectivity index (χ3v) is 3.61. The van der Waals surface area contributed by atoms with Crippen LogP contribution in [0.15, 0.2) is 24.5 Å². The van der Waals surface area contributed by atoms with E-state index in [1.807, 2.05) is 23.9 Å². The van der Waals surface area contributed by atoms with Gasteiger partial charge in [-0.3, -0.25) is 4.68 Å². The van der Waals surface area contributed by atoms with Crippen molar-refractivity contribution in [1.82, 2.24) is 20.1 Å². The molecule has 5 nitrogen and oxygen atoms in total. The number of nitrogens with one attached hydrogen (secondary N) is 1. The molecule has 0 aliphatic heterocycles. The Morgan fingerprint density at radius 1 is 1.33 bits per heavy atom. The molecule has 2 aromatic rings. The number of aromatic nitrogens is 3. The van der Waals surface area contributed by atoms with Gasteiger partial charge in [0.2, 0.25) is 5.88 Å². The number of nitrogens with zero attached hydrogens (tertiary/aromatic N) is 3. The van der Waals surface area contributed by atoms with E-state index < -0.39 is 0 Å². The Hall–Kier alpha value is -1.88. The molecule has 1 aliphatic carbocycles. The Labute approximate surface area is 125 Å². The van der Waals surface area contributed by atoms with E-state index in [9.17, 15) is 0 Å². The molecule has 3 rings (SSSR count). The molecule has 0 radical (unpaired) electrons. The van der Waals surface area contributed by atoms with Crippen LogP contribution in [0.3, 0.4) is 0 Å². The molecular weight excluding hydrogens is 264 g/mol. The van der Waals surface area contributed by atoms with E-state index in [0.717, 1.165) is 31.0 Å². The number of aryl methyl sites for hydroxylation is 2. The summed E-state index contributed by atoms with van der Waals surface area (Å²) >= 11 is 0. The van der Waals surface area contributed by atoms with Crippen LogP contribution in [0, 0.1) is 0 Å². The van der Waals surface area contributed by atoms with Crippen molar-refractivity contribution in [3.63, 3.8) is 0 Å². The van der Waals surface area contributed by atoms with Gasteiger partial charge < -0.3 is 10.1 Å². The van der Waals surface area contributed by atoms with Gasteiger partial charge in [-0.2, -0.15) is 5.10 Å². The monoisotopic (exact) mass is 286 g/mol. The minimum Gasteiger partial charge on any atom is -0.436 e. The average Bonchev–Trinajstić information content (AvgIpc) is 3.23. The molecule has 0 spiro atoms.